The number of nitrogens with two attached hydrogens (primary N) is 2. The lowest BCUT2D eigenvalue weighted by Crippen LogP contribution is -2.50. The molecule has 0 unspecified atom stereocenters. The van der Waals surface area contributed by atoms with Gasteiger partial charge in [0.1, 0.15) is 30.3 Å². The standard InChI is InChI=1S/C22H30N8O3/c23-7-14-32-27-15-19-20(24)25-16-26-21(19)29-10-12-30(13-11-29)22(31)33-18-5-3-17(4-6-18)28-8-1-2-9-28/h3-6,15-16H,1-2,7-14,23H2,(H2,24,25,26). The van der Waals surface area contributed by atoms with E-state index in [1.807, 2.05) is 29.2 Å². The minimum atomic E-state index is -0.359. The fourth-order valence-corrected chi connectivity index (χ4v) is 3.94. The van der Waals surface area contributed by atoms with Crippen molar-refractivity contribution in [2.45, 2.75) is 12.8 Å². The lowest BCUT2D eigenvalue weighted by atomic mass is 10.2. The van der Waals surface area contributed by atoms with E-state index in [9.17, 15) is 4.79 Å². The summed E-state index contributed by atoms with van der Waals surface area (Å²) in [5.41, 5.74) is 13.2. The van der Waals surface area contributed by atoms with Crippen molar-refractivity contribution >= 4 is 29.6 Å². The Bertz CT molecular complexity index is 955. The monoisotopic (exact) mass is 454 g/mol. The van der Waals surface area contributed by atoms with Gasteiger partial charge in [-0.3, -0.25) is 0 Å². The maximum Gasteiger partial charge on any atom is 0.415 e. The maximum absolute atomic E-state index is 12.7. The van der Waals surface area contributed by atoms with Crippen molar-refractivity contribution in [2.24, 2.45) is 10.9 Å². The Morgan fingerprint density at radius 3 is 2.45 bits per heavy atom. The second-order valence-corrected chi connectivity index (χ2v) is 7.88. The molecule has 4 rings (SSSR count). The summed E-state index contributed by atoms with van der Waals surface area (Å²) >= 11 is 0. The van der Waals surface area contributed by atoms with Crippen molar-refractivity contribution < 1.29 is 14.4 Å². The first kappa shape index (κ1) is 22.6. The Morgan fingerprint density at radius 2 is 1.76 bits per heavy atom. The van der Waals surface area contributed by atoms with Crippen LogP contribution in [0.25, 0.3) is 0 Å². The van der Waals surface area contributed by atoms with E-state index in [-0.39, 0.29) is 6.09 Å². The van der Waals surface area contributed by atoms with Crippen LogP contribution in [-0.2, 0) is 4.84 Å². The Labute approximate surface area is 192 Å². The van der Waals surface area contributed by atoms with Gasteiger partial charge in [0.15, 0.2) is 0 Å². The first-order valence-corrected chi connectivity index (χ1v) is 11.2. The summed E-state index contributed by atoms with van der Waals surface area (Å²) < 4.78 is 5.59. The van der Waals surface area contributed by atoms with E-state index < -0.39 is 0 Å². The summed E-state index contributed by atoms with van der Waals surface area (Å²) in [6.45, 7) is 4.97. The zero-order valence-electron chi connectivity index (χ0n) is 18.6. The molecule has 2 aromatic rings. The molecule has 11 nitrogen and oxygen atoms in total. The SMILES string of the molecule is NCCON=Cc1c(N)ncnc1N1CCN(C(=O)Oc2ccc(N3CCCC3)cc2)CC1. The molecular weight excluding hydrogens is 424 g/mol. The van der Waals surface area contributed by atoms with Crippen molar-refractivity contribution in [1.29, 1.82) is 0 Å². The number of aromatic nitrogens is 2. The number of nitrogens with zero attached hydrogens (tertiary/aromatic N) is 6. The zero-order chi connectivity index (χ0) is 23.0. The summed E-state index contributed by atoms with van der Waals surface area (Å²) in [5.74, 6) is 1.50. The highest BCUT2D eigenvalue weighted by Gasteiger charge is 2.25. The van der Waals surface area contributed by atoms with Crippen LogP contribution in [0, 0.1) is 0 Å². The normalized spacial score (nSPS) is 16.5. The molecule has 2 saturated heterocycles. The first-order valence-electron chi connectivity index (χ1n) is 11.2. The fraction of sp³-hybridized carbons (Fsp3) is 0.455. The average Bonchev–Trinajstić information content (AvgIpc) is 3.38. The van der Waals surface area contributed by atoms with Crippen LogP contribution in [0.5, 0.6) is 5.75 Å². The van der Waals surface area contributed by atoms with E-state index >= 15 is 0 Å². The van der Waals surface area contributed by atoms with E-state index in [0.717, 1.165) is 18.8 Å². The molecule has 4 N–H and O–H groups in total. The lowest BCUT2D eigenvalue weighted by Gasteiger charge is -2.35. The molecule has 11 heteroatoms. The lowest BCUT2D eigenvalue weighted by molar-refractivity contribution is 0.149. The molecule has 0 aliphatic carbocycles. The number of benzene rings is 1. The molecule has 1 amide bonds. The van der Waals surface area contributed by atoms with E-state index in [1.165, 1.54) is 25.4 Å². The van der Waals surface area contributed by atoms with Gasteiger partial charge in [0, 0.05) is 51.5 Å². The molecule has 176 valence electrons. The molecule has 0 saturated carbocycles. The largest absolute Gasteiger partial charge is 0.415 e. The smallest absolute Gasteiger partial charge is 0.410 e. The average molecular weight is 455 g/mol. The fourth-order valence-electron chi connectivity index (χ4n) is 3.94. The summed E-state index contributed by atoms with van der Waals surface area (Å²) in [5, 5.41) is 3.89. The molecule has 0 bridgehead atoms. The Hall–Kier alpha value is -3.60. The maximum atomic E-state index is 12.7. The topological polar surface area (TPSA) is 135 Å². The third-order valence-electron chi connectivity index (χ3n) is 5.71. The van der Waals surface area contributed by atoms with Crippen molar-refractivity contribution in [3.8, 4) is 5.75 Å². The Morgan fingerprint density at radius 1 is 1.03 bits per heavy atom. The van der Waals surface area contributed by atoms with Gasteiger partial charge in [-0.25, -0.2) is 14.8 Å². The van der Waals surface area contributed by atoms with Crippen LogP contribution in [0.2, 0.25) is 0 Å². The number of amides is 1. The van der Waals surface area contributed by atoms with Gasteiger partial charge < -0.3 is 35.7 Å². The van der Waals surface area contributed by atoms with Crippen molar-refractivity contribution in [3.63, 3.8) is 0 Å². The van der Waals surface area contributed by atoms with Crippen LogP contribution in [0.4, 0.5) is 22.1 Å². The van der Waals surface area contributed by atoms with Crippen LogP contribution in [0.15, 0.2) is 35.7 Å². The number of rotatable bonds is 7. The van der Waals surface area contributed by atoms with Gasteiger partial charge >= 0.3 is 6.09 Å². The number of carbonyl (C=O) groups is 1. The van der Waals surface area contributed by atoms with Crippen molar-refractivity contribution in [3.05, 3.63) is 36.2 Å². The van der Waals surface area contributed by atoms with Crippen LogP contribution < -0.4 is 26.0 Å². The summed E-state index contributed by atoms with van der Waals surface area (Å²) in [4.78, 5) is 32.2. The number of nitrogen functional groups attached to an aromatic ring is 1. The Balaban J connectivity index is 1.33. The van der Waals surface area contributed by atoms with Gasteiger partial charge in [-0.05, 0) is 37.1 Å². The summed E-state index contributed by atoms with van der Waals surface area (Å²) in [6.07, 6.45) is 4.99. The molecule has 2 fully saturated rings. The molecule has 1 aromatic carbocycles. The van der Waals surface area contributed by atoms with Gasteiger partial charge in [0.25, 0.3) is 0 Å². The van der Waals surface area contributed by atoms with Gasteiger partial charge in [-0.15, -0.1) is 0 Å². The molecule has 33 heavy (non-hydrogen) atoms. The van der Waals surface area contributed by atoms with Crippen molar-refractivity contribution in [2.75, 3.05) is 68.0 Å². The first-order chi connectivity index (χ1) is 16.2. The number of piperazine rings is 1. The van der Waals surface area contributed by atoms with E-state index in [1.54, 1.807) is 4.90 Å². The predicted molar refractivity (Wildman–Crippen MR) is 127 cm³/mol. The van der Waals surface area contributed by atoms with Gasteiger partial charge in [-0.1, -0.05) is 5.16 Å². The number of hydrogen-bond donors (Lipinski definition) is 2. The Kier molecular flexibility index (Phi) is 7.40. The molecule has 2 aliphatic heterocycles. The molecule has 0 radical (unpaired) electrons. The minimum Gasteiger partial charge on any atom is -0.410 e. The highest BCUT2D eigenvalue weighted by atomic mass is 16.6. The van der Waals surface area contributed by atoms with E-state index in [4.69, 9.17) is 21.0 Å². The van der Waals surface area contributed by atoms with Crippen LogP contribution in [-0.4, -0.2) is 79.6 Å². The minimum absolute atomic E-state index is 0.305. The van der Waals surface area contributed by atoms with Crippen LogP contribution >= 0.6 is 0 Å². The van der Waals surface area contributed by atoms with Crippen molar-refractivity contribution in [1.82, 2.24) is 14.9 Å². The third kappa shape index (κ3) is 5.61. The van der Waals surface area contributed by atoms with Gasteiger partial charge in [-0.2, -0.15) is 0 Å². The van der Waals surface area contributed by atoms with Gasteiger partial charge in [0.2, 0.25) is 0 Å². The molecule has 1 aromatic heterocycles. The van der Waals surface area contributed by atoms with Gasteiger partial charge in [0.05, 0.1) is 11.8 Å². The highest BCUT2D eigenvalue weighted by molar-refractivity contribution is 5.91. The zero-order valence-corrected chi connectivity index (χ0v) is 18.6. The number of hydrogen-bond acceptors (Lipinski definition) is 10. The quantitative estimate of drug-likeness (QED) is 0.360. The summed E-state index contributed by atoms with van der Waals surface area (Å²) in [6, 6.07) is 7.71. The molecule has 2 aliphatic rings. The van der Waals surface area contributed by atoms with E-state index in [0.29, 0.717) is 62.3 Å². The van der Waals surface area contributed by atoms with E-state index in [2.05, 4.69) is 20.0 Å². The second kappa shape index (κ2) is 10.8. The number of carbonyl (C=O) groups excluding carboxylic acids is 1. The number of ether oxygens (including phenoxy) is 1. The predicted octanol–water partition coefficient (Wildman–Crippen LogP) is 1.29. The highest BCUT2D eigenvalue weighted by Crippen LogP contribution is 2.24. The van der Waals surface area contributed by atoms with Crippen LogP contribution in [0.1, 0.15) is 18.4 Å². The summed E-state index contributed by atoms with van der Waals surface area (Å²) in [7, 11) is 0. The molecule has 0 atom stereocenters. The second-order valence-electron chi connectivity index (χ2n) is 7.88. The third-order valence-corrected chi connectivity index (χ3v) is 5.71. The number of anilines is 3. The number of oxime groups is 1. The molecule has 0 spiro atoms. The molecule has 3 heterocycles. The molecular formula is C22H30N8O3. The van der Waals surface area contributed by atoms with Crippen LogP contribution in [0.3, 0.4) is 0 Å².